The van der Waals surface area contributed by atoms with Gasteiger partial charge in [-0.1, -0.05) is 32.0 Å². The fourth-order valence-corrected chi connectivity index (χ4v) is 1.91. The molecule has 0 aliphatic rings. The van der Waals surface area contributed by atoms with E-state index < -0.39 is 5.91 Å². The summed E-state index contributed by atoms with van der Waals surface area (Å²) in [6.45, 7) is 5.63. The lowest BCUT2D eigenvalue weighted by Gasteiger charge is -2.13. The zero-order valence-corrected chi connectivity index (χ0v) is 13.7. The van der Waals surface area contributed by atoms with Gasteiger partial charge in [-0.15, -0.1) is 0 Å². The molecule has 0 saturated heterocycles. The molecule has 0 heterocycles. The number of para-hydroxylation sites is 1. The summed E-state index contributed by atoms with van der Waals surface area (Å²) in [7, 11) is 3.93. The van der Waals surface area contributed by atoms with Crippen LogP contribution in [-0.2, 0) is 4.79 Å². The van der Waals surface area contributed by atoms with E-state index in [1.54, 1.807) is 0 Å². The second-order valence-electron chi connectivity index (χ2n) is 5.62. The molecule has 22 heavy (non-hydrogen) atoms. The van der Waals surface area contributed by atoms with E-state index in [4.69, 9.17) is 5.26 Å². The van der Waals surface area contributed by atoms with Gasteiger partial charge in [0.1, 0.15) is 11.6 Å². The molecule has 0 aromatic heterocycles. The number of anilines is 1. The van der Waals surface area contributed by atoms with Crippen LogP contribution in [0.4, 0.5) is 5.69 Å². The van der Waals surface area contributed by atoms with Gasteiger partial charge < -0.3 is 15.5 Å². The highest BCUT2D eigenvalue weighted by Gasteiger charge is 2.12. The zero-order chi connectivity index (χ0) is 16.5. The van der Waals surface area contributed by atoms with Crippen LogP contribution >= 0.6 is 0 Å². The third-order valence-electron chi connectivity index (χ3n) is 3.15. The van der Waals surface area contributed by atoms with Gasteiger partial charge in [0.2, 0.25) is 0 Å². The fourth-order valence-electron chi connectivity index (χ4n) is 1.91. The topological polar surface area (TPSA) is 68.2 Å². The van der Waals surface area contributed by atoms with E-state index in [2.05, 4.69) is 24.5 Å². The molecule has 5 nitrogen and oxygen atoms in total. The normalized spacial score (nSPS) is 11.4. The summed E-state index contributed by atoms with van der Waals surface area (Å²) < 4.78 is 0. The first-order chi connectivity index (χ1) is 10.5. The standard InChI is InChI=1S/C17H24N4O/c1-13(2)15-7-5-6-8-16(15)20-17(22)14(11-18)12-19-9-10-21(3)4/h5-8,12-13,19H,9-10H2,1-4H3,(H,20,22)/b14-12-. The molecule has 0 spiro atoms. The predicted octanol–water partition coefficient (Wildman–Crippen LogP) is 2.31. The molecule has 0 saturated carbocycles. The highest BCUT2D eigenvalue weighted by molar-refractivity contribution is 6.06. The number of carbonyl (C=O) groups is 1. The van der Waals surface area contributed by atoms with Crippen LogP contribution in [0.1, 0.15) is 25.3 Å². The maximum absolute atomic E-state index is 12.2. The van der Waals surface area contributed by atoms with Crippen molar-refractivity contribution in [2.75, 3.05) is 32.5 Å². The Bertz CT molecular complexity index is 570. The maximum atomic E-state index is 12.2. The summed E-state index contributed by atoms with van der Waals surface area (Å²) in [5.41, 5.74) is 1.86. The number of benzene rings is 1. The maximum Gasteiger partial charge on any atom is 0.267 e. The van der Waals surface area contributed by atoms with Crippen LogP contribution in [0.5, 0.6) is 0 Å². The summed E-state index contributed by atoms with van der Waals surface area (Å²) >= 11 is 0. The van der Waals surface area contributed by atoms with E-state index in [9.17, 15) is 4.79 Å². The van der Waals surface area contributed by atoms with Crippen LogP contribution in [-0.4, -0.2) is 38.0 Å². The largest absolute Gasteiger partial charge is 0.388 e. The molecule has 0 unspecified atom stereocenters. The number of nitrogens with zero attached hydrogens (tertiary/aromatic N) is 2. The molecule has 1 rings (SSSR count). The lowest BCUT2D eigenvalue weighted by molar-refractivity contribution is -0.112. The minimum Gasteiger partial charge on any atom is -0.388 e. The molecule has 2 N–H and O–H groups in total. The van der Waals surface area contributed by atoms with Crippen molar-refractivity contribution in [1.29, 1.82) is 5.26 Å². The van der Waals surface area contributed by atoms with E-state index in [-0.39, 0.29) is 5.57 Å². The SMILES string of the molecule is CC(C)c1ccccc1NC(=O)/C(C#N)=C\NCCN(C)C. The van der Waals surface area contributed by atoms with Gasteiger partial charge in [0.25, 0.3) is 5.91 Å². The van der Waals surface area contributed by atoms with Crippen LogP contribution in [0, 0.1) is 11.3 Å². The molecule has 1 aromatic rings. The Balaban J connectivity index is 2.74. The fraction of sp³-hybridized carbons (Fsp3) is 0.412. The summed E-state index contributed by atoms with van der Waals surface area (Å²) in [5.74, 6) is -0.0998. The van der Waals surface area contributed by atoms with E-state index in [1.807, 2.05) is 49.3 Å². The van der Waals surface area contributed by atoms with Gasteiger partial charge in [-0.3, -0.25) is 4.79 Å². The van der Waals surface area contributed by atoms with Gasteiger partial charge in [-0.2, -0.15) is 5.26 Å². The van der Waals surface area contributed by atoms with Gasteiger partial charge in [-0.05, 0) is 31.6 Å². The molecular weight excluding hydrogens is 276 g/mol. The molecular formula is C17H24N4O. The number of nitriles is 1. The highest BCUT2D eigenvalue weighted by Crippen LogP contribution is 2.23. The number of carbonyl (C=O) groups excluding carboxylic acids is 1. The van der Waals surface area contributed by atoms with Gasteiger partial charge in [0.15, 0.2) is 0 Å². The first kappa shape index (κ1) is 17.7. The Morgan fingerprint density at radius 2 is 2.05 bits per heavy atom. The lowest BCUT2D eigenvalue weighted by Crippen LogP contribution is -2.24. The first-order valence-corrected chi connectivity index (χ1v) is 7.34. The number of likely N-dealkylation sites (N-methyl/N-ethyl adjacent to an activating group) is 1. The van der Waals surface area contributed by atoms with Crippen molar-refractivity contribution in [3.8, 4) is 6.07 Å². The van der Waals surface area contributed by atoms with E-state index in [0.717, 1.165) is 17.8 Å². The van der Waals surface area contributed by atoms with E-state index >= 15 is 0 Å². The highest BCUT2D eigenvalue weighted by atomic mass is 16.1. The average Bonchev–Trinajstić information content (AvgIpc) is 2.47. The number of rotatable bonds is 7. The summed E-state index contributed by atoms with van der Waals surface area (Å²) in [5, 5.41) is 14.9. The second kappa shape index (κ2) is 8.85. The smallest absolute Gasteiger partial charge is 0.267 e. The van der Waals surface area contributed by atoms with Crippen LogP contribution < -0.4 is 10.6 Å². The molecule has 0 fully saturated rings. The predicted molar refractivity (Wildman–Crippen MR) is 89.4 cm³/mol. The third-order valence-corrected chi connectivity index (χ3v) is 3.15. The Hall–Kier alpha value is -2.32. The molecule has 0 aliphatic heterocycles. The van der Waals surface area contributed by atoms with Crippen LogP contribution in [0.15, 0.2) is 36.0 Å². The molecule has 0 atom stereocenters. The van der Waals surface area contributed by atoms with Crippen molar-refractivity contribution in [2.45, 2.75) is 19.8 Å². The van der Waals surface area contributed by atoms with Crippen molar-refractivity contribution in [3.63, 3.8) is 0 Å². The molecule has 5 heteroatoms. The van der Waals surface area contributed by atoms with Gasteiger partial charge in [-0.25, -0.2) is 0 Å². The second-order valence-corrected chi connectivity index (χ2v) is 5.62. The number of hydrogen-bond donors (Lipinski definition) is 2. The Morgan fingerprint density at radius 3 is 2.64 bits per heavy atom. The zero-order valence-electron chi connectivity index (χ0n) is 13.7. The number of amides is 1. The number of nitrogens with one attached hydrogen (secondary N) is 2. The van der Waals surface area contributed by atoms with Crippen LogP contribution in [0.25, 0.3) is 0 Å². The molecule has 0 bridgehead atoms. The van der Waals surface area contributed by atoms with Gasteiger partial charge >= 0.3 is 0 Å². The van der Waals surface area contributed by atoms with Crippen molar-refractivity contribution in [1.82, 2.24) is 10.2 Å². The van der Waals surface area contributed by atoms with Gasteiger partial charge in [0, 0.05) is 25.0 Å². The van der Waals surface area contributed by atoms with Crippen molar-refractivity contribution in [2.24, 2.45) is 0 Å². The molecule has 1 aromatic carbocycles. The van der Waals surface area contributed by atoms with E-state index in [1.165, 1.54) is 6.20 Å². The first-order valence-electron chi connectivity index (χ1n) is 7.34. The monoisotopic (exact) mass is 300 g/mol. The van der Waals surface area contributed by atoms with Gasteiger partial charge in [0.05, 0.1) is 0 Å². The van der Waals surface area contributed by atoms with Crippen molar-refractivity contribution in [3.05, 3.63) is 41.6 Å². The Kier molecular flexibility index (Phi) is 7.14. The minimum absolute atomic E-state index is 0.0670. The van der Waals surface area contributed by atoms with Crippen LogP contribution in [0.3, 0.4) is 0 Å². The van der Waals surface area contributed by atoms with Crippen molar-refractivity contribution >= 4 is 11.6 Å². The molecule has 0 aliphatic carbocycles. The Morgan fingerprint density at radius 1 is 1.36 bits per heavy atom. The van der Waals surface area contributed by atoms with Crippen molar-refractivity contribution < 1.29 is 4.79 Å². The molecule has 118 valence electrons. The van der Waals surface area contributed by atoms with E-state index in [0.29, 0.717) is 12.5 Å². The molecule has 0 radical (unpaired) electrons. The quantitative estimate of drug-likeness (QED) is 0.460. The summed E-state index contributed by atoms with van der Waals surface area (Å²) in [4.78, 5) is 14.2. The average molecular weight is 300 g/mol. The summed E-state index contributed by atoms with van der Waals surface area (Å²) in [6.07, 6.45) is 1.47. The minimum atomic E-state index is -0.395. The third kappa shape index (κ3) is 5.58. The summed E-state index contributed by atoms with van der Waals surface area (Å²) in [6, 6.07) is 9.57. The Labute approximate surface area is 132 Å². The number of hydrogen-bond acceptors (Lipinski definition) is 4. The molecule has 1 amide bonds. The lowest BCUT2D eigenvalue weighted by atomic mass is 10.0. The van der Waals surface area contributed by atoms with Crippen LogP contribution in [0.2, 0.25) is 0 Å².